The third-order valence-corrected chi connectivity index (χ3v) is 3.61. The number of rotatable bonds is 3. The van der Waals surface area contributed by atoms with E-state index in [4.69, 9.17) is 4.42 Å². The minimum Gasteiger partial charge on any atom is -0.508 e. The molecule has 0 saturated carbocycles. The van der Waals surface area contributed by atoms with Crippen LogP contribution in [0.5, 0.6) is 5.75 Å². The van der Waals surface area contributed by atoms with Crippen molar-refractivity contribution in [3.63, 3.8) is 0 Å². The molecule has 0 aliphatic rings. The van der Waals surface area contributed by atoms with E-state index in [1.165, 1.54) is 0 Å². The summed E-state index contributed by atoms with van der Waals surface area (Å²) in [5, 5.41) is 12.5. The molecule has 4 heteroatoms. The van der Waals surface area contributed by atoms with Crippen LogP contribution in [0, 0.1) is 0 Å². The lowest BCUT2D eigenvalue weighted by atomic mass is 10.1. The van der Waals surface area contributed by atoms with Crippen LogP contribution in [0.2, 0.25) is 0 Å². The fourth-order valence-corrected chi connectivity index (χ4v) is 2.46. The zero-order valence-electron chi connectivity index (χ0n) is 12.2. The first-order chi connectivity index (χ1) is 11.3. The molecule has 112 valence electrons. The number of para-hydroxylation sites is 1. The lowest BCUT2D eigenvalue weighted by Crippen LogP contribution is -1.88. The fourth-order valence-electron chi connectivity index (χ4n) is 2.46. The van der Waals surface area contributed by atoms with Crippen molar-refractivity contribution in [2.45, 2.75) is 0 Å². The smallest absolute Gasteiger partial charge is 0.300 e. The van der Waals surface area contributed by atoms with E-state index in [1.54, 1.807) is 12.1 Å². The lowest BCUT2D eigenvalue weighted by molar-refractivity contribution is 0.475. The maximum absolute atomic E-state index is 9.38. The quantitative estimate of drug-likeness (QED) is 0.562. The number of anilines is 2. The van der Waals surface area contributed by atoms with Gasteiger partial charge in [0.1, 0.15) is 11.3 Å². The van der Waals surface area contributed by atoms with Crippen LogP contribution >= 0.6 is 0 Å². The first-order valence-electron chi connectivity index (χ1n) is 7.30. The van der Waals surface area contributed by atoms with Gasteiger partial charge in [-0.3, -0.25) is 0 Å². The van der Waals surface area contributed by atoms with E-state index in [9.17, 15) is 5.11 Å². The van der Waals surface area contributed by atoms with Crippen LogP contribution in [0.3, 0.4) is 0 Å². The Kier molecular flexibility index (Phi) is 3.20. The average molecular weight is 302 g/mol. The molecule has 1 aromatic heterocycles. The summed E-state index contributed by atoms with van der Waals surface area (Å²) in [6.07, 6.45) is 0. The lowest BCUT2D eigenvalue weighted by Gasteiger charge is -2.01. The summed E-state index contributed by atoms with van der Waals surface area (Å²) in [4.78, 5) is 4.48. The van der Waals surface area contributed by atoms with Crippen molar-refractivity contribution in [1.29, 1.82) is 0 Å². The van der Waals surface area contributed by atoms with Gasteiger partial charge >= 0.3 is 0 Å². The van der Waals surface area contributed by atoms with Gasteiger partial charge in [-0.1, -0.05) is 36.4 Å². The SMILES string of the molecule is Oc1ccc(-c2ccc3oc(Nc4ccccc4)nc3c2)cc1. The second-order valence-corrected chi connectivity index (χ2v) is 5.24. The summed E-state index contributed by atoms with van der Waals surface area (Å²) in [7, 11) is 0. The van der Waals surface area contributed by atoms with Crippen LogP contribution in [0.1, 0.15) is 0 Å². The molecule has 0 aliphatic heterocycles. The van der Waals surface area contributed by atoms with E-state index < -0.39 is 0 Å². The summed E-state index contributed by atoms with van der Waals surface area (Å²) in [5.74, 6) is 0.255. The zero-order chi connectivity index (χ0) is 15.6. The van der Waals surface area contributed by atoms with Gasteiger partial charge in [0.25, 0.3) is 6.01 Å². The van der Waals surface area contributed by atoms with Gasteiger partial charge in [-0.15, -0.1) is 0 Å². The highest BCUT2D eigenvalue weighted by atomic mass is 16.4. The van der Waals surface area contributed by atoms with Crippen molar-refractivity contribution in [2.24, 2.45) is 0 Å². The van der Waals surface area contributed by atoms with Gasteiger partial charge in [-0.2, -0.15) is 4.98 Å². The Morgan fingerprint density at radius 3 is 2.35 bits per heavy atom. The van der Waals surface area contributed by atoms with Crippen LogP contribution in [0.4, 0.5) is 11.7 Å². The normalized spacial score (nSPS) is 10.8. The minimum atomic E-state index is 0.255. The maximum atomic E-state index is 9.38. The second-order valence-electron chi connectivity index (χ2n) is 5.24. The number of nitrogens with zero attached hydrogens (tertiary/aromatic N) is 1. The number of fused-ring (bicyclic) bond motifs is 1. The maximum Gasteiger partial charge on any atom is 0.300 e. The van der Waals surface area contributed by atoms with Crippen LogP contribution in [-0.4, -0.2) is 10.1 Å². The Labute approximate surface area is 133 Å². The van der Waals surface area contributed by atoms with Crippen molar-refractivity contribution < 1.29 is 9.52 Å². The standard InChI is InChI=1S/C19H14N2O2/c22-16-9-6-13(7-10-16)14-8-11-18-17(12-14)21-19(23-18)20-15-4-2-1-3-5-15/h1-12,22H,(H,20,21). The Morgan fingerprint density at radius 2 is 1.57 bits per heavy atom. The van der Waals surface area contributed by atoms with Crippen molar-refractivity contribution in [3.8, 4) is 16.9 Å². The molecule has 2 N–H and O–H groups in total. The van der Waals surface area contributed by atoms with Gasteiger partial charge in [0.15, 0.2) is 5.58 Å². The molecular weight excluding hydrogens is 288 g/mol. The topological polar surface area (TPSA) is 58.3 Å². The molecule has 0 saturated heterocycles. The van der Waals surface area contributed by atoms with E-state index in [2.05, 4.69) is 10.3 Å². The molecule has 0 spiro atoms. The molecule has 0 radical (unpaired) electrons. The zero-order valence-corrected chi connectivity index (χ0v) is 12.2. The molecule has 0 fully saturated rings. The number of aromatic nitrogens is 1. The highest BCUT2D eigenvalue weighted by Gasteiger charge is 2.08. The molecule has 0 amide bonds. The number of aromatic hydroxyl groups is 1. The Hall–Kier alpha value is -3.27. The first-order valence-corrected chi connectivity index (χ1v) is 7.30. The number of hydrogen-bond acceptors (Lipinski definition) is 4. The van der Waals surface area contributed by atoms with E-state index in [1.807, 2.05) is 60.7 Å². The van der Waals surface area contributed by atoms with Crippen LogP contribution in [0.15, 0.2) is 77.2 Å². The third-order valence-electron chi connectivity index (χ3n) is 3.61. The molecule has 0 bridgehead atoms. The summed E-state index contributed by atoms with van der Waals surface area (Å²) in [5.41, 5.74) is 4.49. The summed E-state index contributed by atoms with van der Waals surface area (Å²) in [6.45, 7) is 0. The predicted octanol–water partition coefficient (Wildman–Crippen LogP) is 4.94. The Balaban J connectivity index is 1.68. The van der Waals surface area contributed by atoms with E-state index in [0.29, 0.717) is 6.01 Å². The minimum absolute atomic E-state index is 0.255. The molecule has 3 aromatic carbocycles. The number of hydrogen-bond donors (Lipinski definition) is 2. The number of oxazole rings is 1. The van der Waals surface area contributed by atoms with Crippen LogP contribution in [0.25, 0.3) is 22.2 Å². The molecule has 4 rings (SSSR count). The number of benzene rings is 3. The molecule has 4 aromatic rings. The molecule has 0 atom stereocenters. The summed E-state index contributed by atoms with van der Waals surface area (Å²) in [6, 6.07) is 23.2. The summed E-state index contributed by atoms with van der Waals surface area (Å²) >= 11 is 0. The molecule has 23 heavy (non-hydrogen) atoms. The highest BCUT2D eigenvalue weighted by Crippen LogP contribution is 2.28. The third kappa shape index (κ3) is 2.74. The van der Waals surface area contributed by atoms with E-state index >= 15 is 0 Å². The van der Waals surface area contributed by atoms with Gasteiger partial charge in [0.2, 0.25) is 0 Å². The average Bonchev–Trinajstić information content (AvgIpc) is 2.98. The van der Waals surface area contributed by atoms with Crippen molar-refractivity contribution in [1.82, 2.24) is 4.98 Å². The van der Waals surface area contributed by atoms with Gasteiger partial charge in [0.05, 0.1) is 0 Å². The first kappa shape index (κ1) is 13.4. The monoisotopic (exact) mass is 302 g/mol. The Bertz CT molecular complexity index is 944. The number of phenols is 1. The number of phenolic OH excluding ortho intramolecular Hbond substituents is 1. The fraction of sp³-hybridized carbons (Fsp3) is 0. The molecule has 4 nitrogen and oxygen atoms in total. The van der Waals surface area contributed by atoms with Crippen LogP contribution < -0.4 is 5.32 Å². The van der Waals surface area contributed by atoms with Gasteiger partial charge in [0, 0.05) is 5.69 Å². The van der Waals surface area contributed by atoms with Crippen molar-refractivity contribution in [2.75, 3.05) is 5.32 Å². The van der Waals surface area contributed by atoms with Gasteiger partial charge in [-0.25, -0.2) is 0 Å². The molecule has 0 unspecified atom stereocenters. The second kappa shape index (κ2) is 5.50. The molecular formula is C19H14N2O2. The molecule has 1 heterocycles. The number of nitrogens with one attached hydrogen (secondary N) is 1. The highest BCUT2D eigenvalue weighted by molar-refractivity contribution is 5.82. The largest absolute Gasteiger partial charge is 0.508 e. The summed E-state index contributed by atoms with van der Waals surface area (Å²) < 4.78 is 5.72. The van der Waals surface area contributed by atoms with Crippen molar-refractivity contribution >= 4 is 22.8 Å². The van der Waals surface area contributed by atoms with Gasteiger partial charge < -0.3 is 14.8 Å². The van der Waals surface area contributed by atoms with Crippen LogP contribution in [-0.2, 0) is 0 Å². The van der Waals surface area contributed by atoms with E-state index in [-0.39, 0.29) is 5.75 Å². The van der Waals surface area contributed by atoms with E-state index in [0.717, 1.165) is 27.9 Å². The van der Waals surface area contributed by atoms with Gasteiger partial charge in [-0.05, 0) is 47.5 Å². The molecule has 0 aliphatic carbocycles. The van der Waals surface area contributed by atoms with Crippen molar-refractivity contribution in [3.05, 3.63) is 72.8 Å². The predicted molar refractivity (Wildman–Crippen MR) is 90.8 cm³/mol. The Morgan fingerprint density at radius 1 is 0.826 bits per heavy atom.